The molecule has 0 N–H and O–H groups in total. The van der Waals surface area contributed by atoms with Gasteiger partial charge in [0, 0.05) is 0 Å². The van der Waals surface area contributed by atoms with Crippen molar-refractivity contribution in [2.45, 2.75) is 45.3 Å². The fraction of sp³-hybridized carbons (Fsp3) is 0.467. The summed E-state index contributed by atoms with van der Waals surface area (Å²) in [5.41, 5.74) is -1.93. The predicted molar refractivity (Wildman–Crippen MR) is 78.3 cm³/mol. The lowest BCUT2D eigenvalue weighted by molar-refractivity contribution is -0.274. The Kier molecular flexibility index (Phi) is 4.52. The molecule has 1 saturated heterocycles. The minimum absolute atomic E-state index is 0.207. The van der Waals surface area contributed by atoms with Crippen LogP contribution in [0.3, 0.4) is 0 Å². The number of rotatable bonds is 3. The molecule has 1 aromatic rings. The first-order valence-corrected chi connectivity index (χ1v) is 6.98. The molecule has 0 aliphatic carbocycles. The van der Waals surface area contributed by atoms with E-state index in [0.717, 1.165) is 18.2 Å². The highest BCUT2D eigenvalue weighted by Gasteiger charge is 2.53. The zero-order valence-corrected chi connectivity index (χ0v) is 13.2. The average molecular weight is 332 g/mol. The minimum Gasteiger partial charge on any atom is -0.406 e. The molecule has 0 spiro atoms. The molecule has 1 aliphatic rings. The van der Waals surface area contributed by atoms with Crippen LogP contribution in [0.5, 0.6) is 5.75 Å². The smallest absolute Gasteiger partial charge is 0.406 e. The third-order valence-corrected chi connectivity index (χ3v) is 3.87. The number of hydrogen-bond donors (Lipinski definition) is 0. The van der Waals surface area contributed by atoms with Gasteiger partial charge in [-0.25, -0.2) is 4.39 Å². The SMILES string of the molecule is CC1(C)OB(C(F)=Cc2cccc(OC(F)(F)F)c2)OC1(C)C. The topological polar surface area (TPSA) is 27.7 Å². The fourth-order valence-corrected chi connectivity index (χ4v) is 1.98. The number of benzene rings is 1. The van der Waals surface area contributed by atoms with E-state index in [9.17, 15) is 17.6 Å². The van der Waals surface area contributed by atoms with Crippen LogP contribution in [-0.4, -0.2) is 24.7 Å². The number of alkyl halides is 3. The van der Waals surface area contributed by atoms with E-state index in [1.165, 1.54) is 12.1 Å². The summed E-state index contributed by atoms with van der Waals surface area (Å²) < 4.78 is 65.8. The molecule has 0 aromatic heterocycles. The maximum Gasteiger partial charge on any atom is 0.573 e. The van der Waals surface area contributed by atoms with Crippen molar-refractivity contribution < 1.29 is 31.6 Å². The third kappa shape index (κ3) is 4.26. The van der Waals surface area contributed by atoms with Crippen LogP contribution < -0.4 is 4.74 Å². The van der Waals surface area contributed by atoms with Gasteiger partial charge in [0.15, 0.2) is 0 Å². The zero-order chi connectivity index (χ0) is 17.5. The van der Waals surface area contributed by atoms with E-state index in [1.54, 1.807) is 27.7 Å². The van der Waals surface area contributed by atoms with Gasteiger partial charge in [-0.2, -0.15) is 0 Å². The zero-order valence-electron chi connectivity index (χ0n) is 13.2. The Balaban J connectivity index is 2.18. The Morgan fingerprint density at radius 3 is 2.22 bits per heavy atom. The van der Waals surface area contributed by atoms with E-state index in [-0.39, 0.29) is 5.56 Å². The van der Waals surface area contributed by atoms with Crippen molar-refractivity contribution in [1.82, 2.24) is 0 Å². The van der Waals surface area contributed by atoms with Crippen molar-refractivity contribution in [1.29, 1.82) is 0 Å². The summed E-state index contributed by atoms with van der Waals surface area (Å²) in [6.45, 7) is 7.10. The molecular formula is C15H17BF4O3. The summed E-state index contributed by atoms with van der Waals surface area (Å²) >= 11 is 0. The van der Waals surface area contributed by atoms with Crippen LogP contribution in [0.4, 0.5) is 17.6 Å². The van der Waals surface area contributed by atoms with Crippen LogP contribution in [0.2, 0.25) is 0 Å². The molecule has 0 amide bonds. The first-order valence-electron chi connectivity index (χ1n) is 6.98. The van der Waals surface area contributed by atoms with Gasteiger partial charge in [0.1, 0.15) is 11.5 Å². The molecule has 1 heterocycles. The molecule has 0 bridgehead atoms. The maximum absolute atomic E-state index is 14.3. The van der Waals surface area contributed by atoms with Gasteiger partial charge in [-0.1, -0.05) is 12.1 Å². The van der Waals surface area contributed by atoms with E-state index in [1.807, 2.05) is 0 Å². The van der Waals surface area contributed by atoms with E-state index in [2.05, 4.69) is 4.74 Å². The molecule has 1 fully saturated rings. The lowest BCUT2D eigenvalue weighted by atomic mass is 9.87. The van der Waals surface area contributed by atoms with Crippen LogP contribution >= 0.6 is 0 Å². The minimum atomic E-state index is -4.80. The standard InChI is InChI=1S/C15H17BF4O3/c1-13(2)14(3,4)23-16(22-13)12(17)9-10-6-5-7-11(8-10)21-15(18,19)20/h5-9H,1-4H3. The number of hydrogen-bond acceptors (Lipinski definition) is 3. The van der Waals surface area contributed by atoms with Crippen LogP contribution in [0.15, 0.2) is 30.0 Å². The van der Waals surface area contributed by atoms with Crippen molar-refractivity contribution >= 4 is 13.2 Å². The molecule has 0 atom stereocenters. The fourth-order valence-electron chi connectivity index (χ4n) is 1.98. The van der Waals surface area contributed by atoms with Gasteiger partial charge in [0.25, 0.3) is 0 Å². The second-order valence-corrected chi connectivity index (χ2v) is 6.24. The second kappa shape index (κ2) is 5.83. The third-order valence-electron chi connectivity index (χ3n) is 3.87. The van der Waals surface area contributed by atoms with Crippen LogP contribution in [-0.2, 0) is 9.31 Å². The summed E-state index contributed by atoms with van der Waals surface area (Å²) in [4.78, 5) is 0. The molecule has 3 nitrogen and oxygen atoms in total. The highest BCUT2D eigenvalue weighted by atomic mass is 19.4. The Bertz CT molecular complexity index is 595. The maximum atomic E-state index is 14.3. The van der Waals surface area contributed by atoms with Gasteiger partial charge >= 0.3 is 13.5 Å². The Labute approximate surface area is 132 Å². The molecule has 0 unspecified atom stereocenters. The highest BCUT2D eigenvalue weighted by molar-refractivity contribution is 6.54. The molecule has 1 aliphatic heterocycles. The van der Waals surface area contributed by atoms with E-state index >= 15 is 0 Å². The Morgan fingerprint density at radius 2 is 1.70 bits per heavy atom. The second-order valence-electron chi connectivity index (χ2n) is 6.24. The van der Waals surface area contributed by atoms with Crippen LogP contribution in [0.1, 0.15) is 33.3 Å². The van der Waals surface area contributed by atoms with Crippen molar-refractivity contribution in [2.75, 3.05) is 0 Å². The number of ether oxygens (including phenoxy) is 1. The molecular weight excluding hydrogens is 315 g/mol. The Morgan fingerprint density at radius 1 is 1.13 bits per heavy atom. The quantitative estimate of drug-likeness (QED) is 0.601. The van der Waals surface area contributed by atoms with Crippen LogP contribution in [0.25, 0.3) is 6.08 Å². The van der Waals surface area contributed by atoms with E-state index < -0.39 is 36.2 Å². The summed E-state index contributed by atoms with van der Waals surface area (Å²) in [6.07, 6.45) is -3.74. The van der Waals surface area contributed by atoms with E-state index in [0.29, 0.717) is 0 Å². The van der Waals surface area contributed by atoms with Crippen molar-refractivity contribution in [3.8, 4) is 5.75 Å². The molecule has 23 heavy (non-hydrogen) atoms. The van der Waals surface area contributed by atoms with Crippen molar-refractivity contribution in [3.05, 3.63) is 35.6 Å². The predicted octanol–water partition coefficient (Wildman–Crippen LogP) is 4.53. The lowest BCUT2D eigenvalue weighted by Crippen LogP contribution is -2.41. The van der Waals surface area contributed by atoms with Gasteiger partial charge in [-0.15, -0.1) is 13.2 Å². The highest BCUT2D eigenvalue weighted by Crippen LogP contribution is 2.39. The Hall–Kier alpha value is -1.54. The van der Waals surface area contributed by atoms with Crippen LogP contribution in [0, 0.1) is 0 Å². The largest absolute Gasteiger partial charge is 0.573 e. The summed E-state index contributed by atoms with van der Waals surface area (Å²) in [7, 11) is -1.20. The molecule has 0 radical (unpaired) electrons. The number of halogens is 4. The summed E-state index contributed by atoms with van der Waals surface area (Å²) in [5.74, 6) is -0.423. The van der Waals surface area contributed by atoms with Gasteiger partial charge in [0.2, 0.25) is 0 Å². The normalized spacial score (nSPS) is 20.7. The molecule has 1 aromatic carbocycles. The van der Waals surface area contributed by atoms with Gasteiger partial charge in [-0.3, -0.25) is 0 Å². The molecule has 0 saturated carbocycles. The summed E-state index contributed by atoms with van der Waals surface area (Å²) in [6, 6.07) is 5.01. The first-order chi connectivity index (χ1) is 10.4. The first kappa shape index (κ1) is 17.8. The summed E-state index contributed by atoms with van der Waals surface area (Å²) in [5, 5.41) is 0. The lowest BCUT2D eigenvalue weighted by Gasteiger charge is -2.32. The molecule has 8 heteroatoms. The average Bonchev–Trinajstić information content (AvgIpc) is 2.56. The van der Waals surface area contributed by atoms with Gasteiger partial charge < -0.3 is 14.0 Å². The van der Waals surface area contributed by atoms with Crippen molar-refractivity contribution in [3.63, 3.8) is 0 Å². The van der Waals surface area contributed by atoms with Gasteiger partial charge in [0.05, 0.1) is 11.2 Å². The van der Waals surface area contributed by atoms with E-state index in [4.69, 9.17) is 9.31 Å². The molecule has 2 rings (SSSR count). The van der Waals surface area contributed by atoms with Crippen molar-refractivity contribution in [2.24, 2.45) is 0 Å². The monoisotopic (exact) mass is 332 g/mol. The van der Waals surface area contributed by atoms with Gasteiger partial charge in [-0.05, 0) is 51.5 Å². The molecule has 126 valence electrons.